The molecule has 0 radical (unpaired) electrons. The zero-order valence-corrected chi connectivity index (χ0v) is 46.7. The zero-order valence-electron chi connectivity index (χ0n) is 44.3. The number of aliphatic hydroxyl groups is 1. The summed E-state index contributed by atoms with van der Waals surface area (Å²) in [6, 6.07) is 0. The summed E-state index contributed by atoms with van der Waals surface area (Å²) in [5.74, 6) is -8.52. The second-order valence-electron chi connectivity index (χ2n) is 24.3. The Bertz CT molecular complexity index is 2450. The predicted octanol–water partition coefficient (Wildman–Crippen LogP) is 12.0. The van der Waals surface area contributed by atoms with Crippen molar-refractivity contribution < 1.29 is 76.3 Å². The van der Waals surface area contributed by atoms with Crippen LogP contribution in [0.15, 0.2) is 14.7 Å². The monoisotopic (exact) mass is 1040 g/mol. The van der Waals surface area contributed by atoms with E-state index in [9.17, 15) is 14.4 Å². The van der Waals surface area contributed by atoms with Gasteiger partial charge >= 0.3 is 0 Å². The molecule has 19 heteroatoms. The van der Waals surface area contributed by atoms with Gasteiger partial charge in [0.2, 0.25) is 34.7 Å². The SMILES string of the molecule is CC1(C)Oc2c(c(C(O)(c3c4c(c(SC(=O)C(C)(C)C)c5c3OC(C)(C)O5)OC(C)(C)O4)c3c4c(c(SC(=O)C(C)(C)C)c5c3OC(C)(C)O5)OC(C)(C)O4)c3c(c2SC(=O)C(C)(C)C)OC(C)(C)O3)O1. The molecule has 0 saturated carbocycles. The number of carbonyl (C=O) groups excluding carboxylic acids is 3. The molecule has 0 spiro atoms. The molecule has 0 unspecified atom stereocenters. The first kappa shape index (κ1) is 51.2. The average Bonchev–Trinajstić information content (AvgIpc) is 3.99. The third-order valence-electron chi connectivity index (χ3n) is 11.5. The molecule has 6 heterocycles. The van der Waals surface area contributed by atoms with E-state index in [-0.39, 0.29) is 116 Å². The molecule has 0 bridgehead atoms. The summed E-state index contributed by atoms with van der Waals surface area (Å²) in [7, 11) is 0. The summed E-state index contributed by atoms with van der Waals surface area (Å²) >= 11 is 2.68. The quantitative estimate of drug-likeness (QED) is 0.182. The van der Waals surface area contributed by atoms with E-state index in [1.807, 2.05) is 0 Å². The molecule has 0 atom stereocenters. The van der Waals surface area contributed by atoms with Crippen LogP contribution in [-0.4, -0.2) is 55.2 Å². The molecular weight excluding hydrogens is 977 g/mol. The lowest BCUT2D eigenvalue weighted by Gasteiger charge is -2.35. The third-order valence-corrected chi connectivity index (χ3v) is 15.6. The molecule has 6 aliphatic heterocycles. The van der Waals surface area contributed by atoms with Gasteiger partial charge in [-0.15, -0.1) is 0 Å². The van der Waals surface area contributed by atoms with Crippen molar-refractivity contribution in [2.24, 2.45) is 16.2 Å². The molecule has 6 aliphatic rings. The van der Waals surface area contributed by atoms with Crippen LogP contribution in [0.3, 0.4) is 0 Å². The van der Waals surface area contributed by atoms with Crippen LogP contribution >= 0.6 is 35.3 Å². The highest BCUT2D eigenvalue weighted by molar-refractivity contribution is 8.14. The second kappa shape index (κ2) is 15.2. The van der Waals surface area contributed by atoms with Crippen LogP contribution in [0.1, 0.15) is 162 Å². The minimum absolute atomic E-state index is 0.0535. The van der Waals surface area contributed by atoms with Gasteiger partial charge in [0, 0.05) is 99.3 Å². The van der Waals surface area contributed by atoms with Gasteiger partial charge in [0.15, 0.2) is 89.9 Å². The topological polar surface area (TPSA) is 182 Å². The minimum atomic E-state index is -2.79. The van der Waals surface area contributed by atoms with Gasteiger partial charge in [0.05, 0.1) is 16.7 Å². The number of ether oxygens (including phenoxy) is 12. The first-order valence-corrected chi connectivity index (χ1v) is 25.9. The van der Waals surface area contributed by atoms with Crippen LogP contribution in [0, 0.1) is 16.2 Å². The van der Waals surface area contributed by atoms with Crippen molar-refractivity contribution in [3.63, 3.8) is 0 Å². The molecule has 0 aliphatic carbocycles. The Balaban J connectivity index is 1.52. The van der Waals surface area contributed by atoms with Gasteiger partial charge in [-0.1, -0.05) is 62.3 Å². The number of thioether (sulfide) groups is 3. The number of hydrogen-bond acceptors (Lipinski definition) is 19. The Kier molecular flexibility index (Phi) is 10.9. The van der Waals surface area contributed by atoms with Gasteiger partial charge in [0.25, 0.3) is 0 Å². The lowest BCUT2D eigenvalue weighted by Crippen LogP contribution is -2.36. The molecule has 386 valence electrons. The number of fused-ring (bicyclic) bond motifs is 6. The first-order chi connectivity index (χ1) is 32.1. The summed E-state index contributed by atoms with van der Waals surface area (Å²) < 4.78 is 81.2. The highest BCUT2D eigenvalue weighted by Crippen LogP contribution is 2.73. The summed E-state index contributed by atoms with van der Waals surface area (Å²) in [4.78, 5) is 43.1. The van der Waals surface area contributed by atoms with Crippen molar-refractivity contribution in [2.45, 2.75) is 200 Å². The van der Waals surface area contributed by atoms with E-state index in [0.717, 1.165) is 35.3 Å². The molecule has 3 aromatic rings. The van der Waals surface area contributed by atoms with E-state index >= 15 is 5.11 Å². The summed E-state index contributed by atoms with van der Waals surface area (Å²) in [5, 5.41) is 14.7. The summed E-state index contributed by atoms with van der Waals surface area (Å²) in [6.45, 7) is 36.4. The molecule has 16 nitrogen and oxygen atoms in total. The van der Waals surface area contributed by atoms with Gasteiger partial charge in [-0.3, -0.25) is 14.4 Å². The second-order valence-corrected chi connectivity index (χ2v) is 27.3. The van der Waals surface area contributed by atoms with Crippen molar-refractivity contribution in [1.82, 2.24) is 0 Å². The first-order valence-electron chi connectivity index (χ1n) is 23.5. The Hall–Kier alpha value is -4.72. The number of benzene rings is 3. The Morgan fingerprint density at radius 3 is 0.592 bits per heavy atom. The lowest BCUT2D eigenvalue weighted by molar-refractivity contribution is -0.118. The van der Waals surface area contributed by atoms with Gasteiger partial charge in [-0.2, -0.15) is 0 Å². The van der Waals surface area contributed by atoms with Crippen LogP contribution in [0.4, 0.5) is 0 Å². The van der Waals surface area contributed by atoms with Crippen molar-refractivity contribution in [2.75, 3.05) is 0 Å². The van der Waals surface area contributed by atoms with Crippen molar-refractivity contribution in [3.8, 4) is 69.0 Å². The maximum atomic E-state index is 15.4. The highest BCUT2D eigenvalue weighted by Gasteiger charge is 2.62. The molecule has 0 fully saturated rings. The van der Waals surface area contributed by atoms with Gasteiger partial charge in [-0.25, -0.2) is 0 Å². The fourth-order valence-corrected chi connectivity index (χ4v) is 11.3. The van der Waals surface area contributed by atoms with Crippen LogP contribution in [0.5, 0.6) is 69.0 Å². The minimum Gasteiger partial charge on any atom is -0.448 e. The maximum Gasteiger partial charge on any atom is 0.246 e. The standard InChI is InChI=1S/C52H64O16S3/c1-43(2,3)40(53)69-37-31-25(57-46(10,11)63-31)22(26-32(37)64-47(12,13)58-26)52(56,23-27-33(65-48(14,15)59-27)38(70-41(54)44(4,5)6)34-28(23)60-49(16,17)66-34)24-29-35(67-50(18,19)61-29)39(71-42(55)45(7,8)9)36-30(24)62-51(20,21)68-36/h56H,1-21H3. The van der Waals surface area contributed by atoms with E-state index < -0.39 is 56.6 Å². The largest absolute Gasteiger partial charge is 0.448 e. The van der Waals surface area contributed by atoms with E-state index in [4.69, 9.17) is 56.8 Å². The van der Waals surface area contributed by atoms with Crippen molar-refractivity contribution in [3.05, 3.63) is 16.7 Å². The Morgan fingerprint density at radius 1 is 0.310 bits per heavy atom. The van der Waals surface area contributed by atoms with Gasteiger partial charge < -0.3 is 61.9 Å². The molecule has 3 aromatic carbocycles. The number of rotatable bonds is 6. The van der Waals surface area contributed by atoms with E-state index in [1.54, 1.807) is 145 Å². The van der Waals surface area contributed by atoms with E-state index in [1.165, 1.54) is 0 Å². The predicted molar refractivity (Wildman–Crippen MR) is 264 cm³/mol. The van der Waals surface area contributed by atoms with Crippen LogP contribution in [0.25, 0.3) is 0 Å². The smallest absolute Gasteiger partial charge is 0.246 e. The molecule has 9 rings (SSSR count). The number of carbonyl (C=O) groups is 3. The maximum absolute atomic E-state index is 15.4. The molecule has 0 saturated heterocycles. The Morgan fingerprint density at radius 2 is 0.451 bits per heavy atom. The van der Waals surface area contributed by atoms with Gasteiger partial charge in [0.1, 0.15) is 14.7 Å². The third kappa shape index (κ3) is 8.51. The molecule has 1 N–H and O–H groups in total. The highest BCUT2D eigenvalue weighted by atomic mass is 32.2. The molecule has 71 heavy (non-hydrogen) atoms. The fraction of sp³-hybridized carbons (Fsp3) is 0.596. The summed E-state index contributed by atoms with van der Waals surface area (Å²) in [6.07, 6.45) is 0. The lowest BCUT2D eigenvalue weighted by atomic mass is 9.76. The van der Waals surface area contributed by atoms with E-state index in [2.05, 4.69) is 0 Å². The molecular formula is C52H64O16S3. The Labute approximate surface area is 427 Å². The van der Waals surface area contributed by atoms with Crippen LogP contribution < -0.4 is 56.8 Å². The van der Waals surface area contributed by atoms with Crippen LogP contribution in [0.2, 0.25) is 0 Å². The summed E-state index contributed by atoms with van der Waals surface area (Å²) in [5.41, 5.74) is -5.67. The average molecular weight is 1040 g/mol. The molecule has 0 aromatic heterocycles. The van der Waals surface area contributed by atoms with Crippen molar-refractivity contribution in [1.29, 1.82) is 0 Å². The van der Waals surface area contributed by atoms with Crippen LogP contribution in [-0.2, 0) is 20.0 Å². The zero-order chi connectivity index (χ0) is 52.7. The van der Waals surface area contributed by atoms with Gasteiger partial charge in [-0.05, 0) is 35.3 Å². The number of hydrogen-bond donors (Lipinski definition) is 1. The van der Waals surface area contributed by atoms with E-state index in [0.29, 0.717) is 0 Å². The molecule has 0 amide bonds. The fourth-order valence-electron chi connectivity index (χ4n) is 8.51. The normalized spacial score (nSPS) is 20.4. The van der Waals surface area contributed by atoms with Crippen molar-refractivity contribution >= 4 is 50.6 Å².